The van der Waals surface area contributed by atoms with Crippen molar-refractivity contribution < 1.29 is 18.7 Å². The number of nitrogens with one attached hydrogen (secondary N) is 1. The van der Waals surface area contributed by atoms with Crippen LogP contribution in [0.15, 0.2) is 36.4 Å². The molecule has 5 nitrogen and oxygen atoms in total. The summed E-state index contributed by atoms with van der Waals surface area (Å²) in [6.45, 7) is 9.62. The third-order valence-electron chi connectivity index (χ3n) is 4.67. The fraction of sp³-hybridized carbons (Fsp3) is 0.409. The highest BCUT2D eigenvalue weighted by atomic mass is 19.1. The van der Waals surface area contributed by atoms with Gasteiger partial charge < -0.3 is 19.7 Å². The Hall–Kier alpha value is -2.60. The standard InChI is InChI=1S/C22H29FN2O3/c1-5-25(6-2)11-12-28-20-10-8-17(13-21(20)27-4)15-24-22(26)18-9-7-16(3)19(23)14-18/h7-10,13-14H,5-6,11-12,15H2,1-4H3,(H,24,26). The Morgan fingerprint density at radius 3 is 2.50 bits per heavy atom. The average molecular weight is 388 g/mol. The van der Waals surface area contributed by atoms with Crippen molar-refractivity contribution in [1.29, 1.82) is 0 Å². The number of likely N-dealkylation sites (N-methyl/N-ethyl adjacent to an activating group) is 1. The molecule has 0 spiro atoms. The van der Waals surface area contributed by atoms with Crippen molar-refractivity contribution in [3.05, 3.63) is 58.9 Å². The molecule has 0 aromatic heterocycles. The van der Waals surface area contributed by atoms with Crippen molar-refractivity contribution in [2.75, 3.05) is 33.4 Å². The molecule has 0 aliphatic heterocycles. The third kappa shape index (κ3) is 5.96. The van der Waals surface area contributed by atoms with Crippen LogP contribution in [0.25, 0.3) is 0 Å². The molecule has 0 saturated carbocycles. The molecule has 0 aliphatic carbocycles. The van der Waals surface area contributed by atoms with E-state index in [2.05, 4.69) is 24.1 Å². The van der Waals surface area contributed by atoms with Crippen LogP contribution in [-0.4, -0.2) is 44.2 Å². The number of nitrogens with zero attached hydrogens (tertiary/aromatic N) is 1. The van der Waals surface area contributed by atoms with Gasteiger partial charge in [-0.2, -0.15) is 0 Å². The first kappa shape index (κ1) is 21.7. The van der Waals surface area contributed by atoms with Gasteiger partial charge in [0.2, 0.25) is 0 Å². The van der Waals surface area contributed by atoms with Gasteiger partial charge in [-0.25, -0.2) is 4.39 Å². The number of ether oxygens (including phenoxy) is 2. The van der Waals surface area contributed by atoms with Crippen LogP contribution in [0, 0.1) is 12.7 Å². The first-order valence-corrected chi connectivity index (χ1v) is 9.54. The van der Waals surface area contributed by atoms with Gasteiger partial charge in [-0.3, -0.25) is 4.79 Å². The molecule has 0 atom stereocenters. The molecular weight excluding hydrogens is 359 g/mol. The molecule has 0 bridgehead atoms. The lowest BCUT2D eigenvalue weighted by molar-refractivity contribution is 0.0950. The fourth-order valence-corrected chi connectivity index (χ4v) is 2.78. The zero-order valence-electron chi connectivity index (χ0n) is 17.0. The van der Waals surface area contributed by atoms with Gasteiger partial charge in [0.1, 0.15) is 12.4 Å². The molecule has 28 heavy (non-hydrogen) atoms. The maximum Gasteiger partial charge on any atom is 0.251 e. The average Bonchev–Trinajstić information content (AvgIpc) is 2.71. The Morgan fingerprint density at radius 2 is 1.86 bits per heavy atom. The topological polar surface area (TPSA) is 50.8 Å². The van der Waals surface area contributed by atoms with Gasteiger partial charge in [0.15, 0.2) is 11.5 Å². The van der Waals surface area contributed by atoms with Gasteiger partial charge in [0.05, 0.1) is 7.11 Å². The van der Waals surface area contributed by atoms with Crippen molar-refractivity contribution >= 4 is 5.91 Å². The largest absolute Gasteiger partial charge is 0.493 e. The van der Waals surface area contributed by atoms with E-state index < -0.39 is 0 Å². The summed E-state index contributed by atoms with van der Waals surface area (Å²) in [5.41, 5.74) is 1.68. The van der Waals surface area contributed by atoms with Crippen LogP contribution in [0.1, 0.15) is 35.3 Å². The number of benzene rings is 2. The monoisotopic (exact) mass is 388 g/mol. The van der Waals surface area contributed by atoms with Crippen molar-refractivity contribution in [3.63, 3.8) is 0 Å². The van der Waals surface area contributed by atoms with Gasteiger partial charge in [-0.15, -0.1) is 0 Å². The number of aryl methyl sites for hydroxylation is 1. The Kier molecular flexibility index (Phi) is 8.26. The molecule has 152 valence electrons. The van der Waals surface area contributed by atoms with Crippen LogP contribution >= 0.6 is 0 Å². The van der Waals surface area contributed by atoms with E-state index in [4.69, 9.17) is 9.47 Å². The molecule has 6 heteroatoms. The van der Waals surface area contributed by atoms with Gasteiger partial charge >= 0.3 is 0 Å². The van der Waals surface area contributed by atoms with E-state index in [1.54, 1.807) is 26.2 Å². The van der Waals surface area contributed by atoms with E-state index in [1.807, 2.05) is 18.2 Å². The maximum absolute atomic E-state index is 13.6. The van der Waals surface area contributed by atoms with Crippen LogP contribution < -0.4 is 14.8 Å². The molecule has 0 saturated heterocycles. The summed E-state index contributed by atoms with van der Waals surface area (Å²) in [6.07, 6.45) is 0. The van der Waals surface area contributed by atoms with Crippen LogP contribution in [0.3, 0.4) is 0 Å². The lowest BCUT2D eigenvalue weighted by atomic mass is 10.1. The molecular formula is C22H29FN2O3. The zero-order chi connectivity index (χ0) is 20.5. The minimum absolute atomic E-state index is 0.298. The lowest BCUT2D eigenvalue weighted by Crippen LogP contribution is -2.28. The summed E-state index contributed by atoms with van der Waals surface area (Å²) in [7, 11) is 1.59. The SMILES string of the molecule is CCN(CC)CCOc1ccc(CNC(=O)c2ccc(C)c(F)c2)cc1OC. The van der Waals surface area contributed by atoms with E-state index in [1.165, 1.54) is 6.07 Å². The van der Waals surface area contributed by atoms with Crippen LogP contribution in [0.4, 0.5) is 4.39 Å². The molecule has 2 aromatic carbocycles. The molecule has 0 fully saturated rings. The van der Waals surface area contributed by atoms with Crippen LogP contribution in [0.2, 0.25) is 0 Å². The Bertz CT molecular complexity index is 791. The van der Waals surface area contributed by atoms with E-state index in [9.17, 15) is 9.18 Å². The van der Waals surface area contributed by atoms with Gasteiger partial charge in [0, 0.05) is 18.7 Å². The number of hydrogen-bond acceptors (Lipinski definition) is 4. The quantitative estimate of drug-likeness (QED) is 0.673. The molecule has 1 N–H and O–H groups in total. The highest BCUT2D eigenvalue weighted by Gasteiger charge is 2.10. The summed E-state index contributed by atoms with van der Waals surface area (Å²) in [4.78, 5) is 14.5. The number of methoxy groups -OCH3 is 1. The molecule has 1 amide bonds. The normalized spacial score (nSPS) is 10.8. The Balaban J connectivity index is 1.95. The molecule has 2 aromatic rings. The van der Waals surface area contributed by atoms with Crippen molar-refractivity contribution in [2.45, 2.75) is 27.3 Å². The Labute approximate surface area is 166 Å². The third-order valence-corrected chi connectivity index (χ3v) is 4.67. The summed E-state index contributed by atoms with van der Waals surface area (Å²) in [5.74, 6) is 0.580. The zero-order valence-corrected chi connectivity index (χ0v) is 17.0. The highest BCUT2D eigenvalue weighted by Crippen LogP contribution is 2.28. The summed E-state index contributed by atoms with van der Waals surface area (Å²) >= 11 is 0. The number of amides is 1. The minimum Gasteiger partial charge on any atom is -0.493 e. The highest BCUT2D eigenvalue weighted by molar-refractivity contribution is 5.94. The minimum atomic E-state index is -0.388. The number of rotatable bonds is 10. The van der Waals surface area contributed by atoms with E-state index in [-0.39, 0.29) is 11.7 Å². The number of carbonyl (C=O) groups excluding carboxylic acids is 1. The maximum atomic E-state index is 13.6. The first-order valence-electron chi connectivity index (χ1n) is 9.54. The lowest BCUT2D eigenvalue weighted by Gasteiger charge is -2.19. The van der Waals surface area contributed by atoms with Gasteiger partial charge in [-0.05, 0) is 55.4 Å². The van der Waals surface area contributed by atoms with Crippen molar-refractivity contribution in [2.24, 2.45) is 0 Å². The molecule has 2 rings (SSSR count). The van der Waals surface area contributed by atoms with Crippen LogP contribution in [-0.2, 0) is 6.54 Å². The van der Waals surface area contributed by atoms with E-state index >= 15 is 0 Å². The fourth-order valence-electron chi connectivity index (χ4n) is 2.78. The molecule has 0 unspecified atom stereocenters. The molecule has 0 heterocycles. The Morgan fingerprint density at radius 1 is 1.11 bits per heavy atom. The predicted octanol–water partition coefficient (Wildman–Crippen LogP) is 3.79. The second kappa shape index (κ2) is 10.7. The first-order chi connectivity index (χ1) is 13.5. The molecule has 0 radical (unpaired) electrons. The van der Waals surface area contributed by atoms with Gasteiger partial charge in [0.25, 0.3) is 5.91 Å². The van der Waals surface area contributed by atoms with Crippen molar-refractivity contribution in [3.8, 4) is 11.5 Å². The number of hydrogen-bond donors (Lipinski definition) is 1. The number of halogens is 1. The summed E-state index contributed by atoms with van der Waals surface area (Å²) in [5, 5.41) is 2.80. The van der Waals surface area contributed by atoms with E-state index in [0.717, 1.165) is 25.2 Å². The summed E-state index contributed by atoms with van der Waals surface area (Å²) in [6, 6.07) is 10.0. The van der Waals surface area contributed by atoms with Crippen molar-refractivity contribution in [1.82, 2.24) is 10.2 Å². The second-order valence-electron chi connectivity index (χ2n) is 6.51. The molecule has 0 aliphatic rings. The second-order valence-corrected chi connectivity index (χ2v) is 6.51. The van der Waals surface area contributed by atoms with Gasteiger partial charge in [-0.1, -0.05) is 26.0 Å². The smallest absolute Gasteiger partial charge is 0.251 e. The predicted molar refractivity (Wildman–Crippen MR) is 109 cm³/mol. The summed E-state index contributed by atoms with van der Waals surface area (Å²) < 4.78 is 24.9. The van der Waals surface area contributed by atoms with E-state index in [0.29, 0.717) is 35.8 Å². The number of carbonyl (C=O) groups is 1. The van der Waals surface area contributed by atoms with Crippen LogP contribution in [0.5, 0.6) is 11.5 Å².